The number of anilines is 2. The average Bonchev–Trinajstić information content (AvgIpc) is 3.38. The highest BCUT2D eigenvalue weighted by Crippen LogP contribution is 2.25. The Hall–Kier alpha value is -3.35. The van der Waals surface area contributed by atoms with E-state index in [0.717, 1.165) is 48.1 Å². The summed E-state index contributed by atoms with van der Waals surface area (Å²) in [5.41, 5.74) is 2.63. The molecule has 0 atom stereocenters. The first-order valence-corrected chi connectivity index (χ1v) is 11.5. The van der Waals surface area contributed by atoms with Crippen molar-refractivity contribution in [1.29, 1.82) is 0 Å². The third-order valence-electron chi connectivity index (χ3n) is 5.38. The molecule has 4 rings (SSSR count). The molecule has 7 heteroatoms. The van der Waals surface area contributed by atoms with Crippen molar-refractivity contribution >= 4 is 23.2 Å². The monoisotopic (exact) mass is 461 g/mol. The number of hydrogen-bond acceptors (Lipinski definition) is 5. The van der Waals surface area contributed by atoms with Gasteiger partial charge in [0.1, 0.15) is 18.2 Å². The van der Waals surface area contributed by atoms with Crippen molar-refractivity contribution in [3.63, 3.8) is 0 Å². The van der Waals surface area contributed by atoms with E-state index in [-0.39, 0.29) is 0 Å². The molecule has 0 radical (unpaired) electrons. The fourth-order valence-corrected chi connectivity index (χ4v) is 3.63. The smallest absolute Gasteiger partial charge is 0.229 e. The summed E-state index contributed by atoms with van der Waals surface area (Å²) in [6.45, 7) is 7.91. The van der Waals surface area contributed by atoms with Crippen molar-refractivity contribution in [2.24, 2.45) is 0 Å². The molecule has 2 aromatic heterocycles. The van der Waals surface area contributed by atoms with Gasteiger partial charge in [-0.05, 0) is 49.5 Å². The molecule has 0 saturated carbocycles. The van der Waals surface area contributed by atoms with E-state index in [1.807, 2.05) is 83.7 Å². The first kappa shape index (κ1) is 22.8. The second-order valence-electron chi connectivity index (χ2n) is 7.56. The van der Waals surface area contributed by atoms with Gasteiger partial charge in [-0.1, -0.05) is 43.6 Å². The highest BCUT2D eigenvalue weighted by molar-refractivity contribution is 6.30. The van der Waals surface area contributed by atoms with Crippen LogP contribution in [0.3, 0.4) is 0 Å². The molecule has 170 valence electrons. The summed E-state index contributed by atoms with van der Waals surface area (Å²) in [4.78, 5) is 11.8. The summed E-state index contributed by atoms with van der Waals surface area (Å²) in [5.74, 6) is 2.09. The van der Waals surface area contributed by atoms with Gasteiger partial charge in [0.15, 0.2) is 0 Å². The third-order valence-corrected chi connectivity index (χ3v) is 5.63. The van der Waals surface area contributed by atoms with E-state index in [1.54, 1.807) is 0 Å². The molecule has 0 aliphatic carbocycles. The van der Waals surface area contributed by atoms with Crippen LogP contribution in [-0.2, 0) is 0 Å². The molecular weight excluding hydrogens is 434 g/mol. The molecule has 6 nitrogen and oxygen atoms in total. The van der Waals surface area contributed by atoms with E-state index in [9.17, 15) is 0 Å². The zero-order valence-electron chi connectivity index (χ0n) is 18.9. The van der Waals surface area contributed by atoms with Gasteiger partial charge in [0, 0.05) is 47.3 Å². The summed E-state index contributed by atoms with van der Waals surface area (Å²) in [6, 6.07) is 21.4. The van der Waals surface area contributed by atoms with Gasteiger partial charge < -0.3 is 19.5 Å². The van der Waals surface area contributed by atoms with Crippen molar-refractivity contribution in [3.05, 3.63) is 84.1 Å². The molecule has 0 amide bonds. The van der Waals surface area contributed by atoms with Crippen LogP contribution in [0.25, 0.3) is 17.1 Å². The van der Waals surface area contributed by atoms with Crippen LogP contribution >= 0.6 is 11.6 Å². The molecule has 2 heterocycles. The number of likely N-dealkylation sites (N-methyl/N-ethyl adjacent to an activating group) is 1. The van der Waals surface area contributed by atoms with Crippen LogP contribution < -0.4 is 10.1 Å². The standard InChI is InChI=1S/C26H28ClN5O/c1-3-31(4-2)16-17-33-23-9-7-8-22(18-23)28-26-29-24(20-10-12-21(27)13-11-20)19-25(30-26)32-14-5-6-15-32/h5-15,18-19H,3-4,16-17H2,1-2H3,(H,28,29,30). The number of halogens is 1. The maximum absolute atomic E-state index is 6.07. The van der Waals surface area contributed by atoms with E-state index >= 15 is 0 Å². The van der Waals surface area contributed by atoms with Crippen LogP contribution in [0, 0.1) is 0 Å². The van der Waals surface area contributed by atoms with Crippen molar-refractivity contribution in [1.82, 2.24) is 19.4 Å². The van der Waals surface area contributed by atoms with Crippen LogP contribution in [0.4, 0.5) is 11.6 Å². The SMILES string of the molecule is CCN(CC)CCOc1cccc(Nc2nc(-c3ccc(Cl)cc3)cc(-n3cccc3)n2)c1. The molecule has 0 spiro atoms. The predicted octanol–water partition coefficient (Wildman–Crippen LogP) is 6.05. The van der Waals surface area contributed by atoms with Crippen LogP contribution in [0.15, 0.2) is 79.1 Å². The zero-order valence-corrected chi connectivity index (χ0v) is 19.7. The first-order chi connectivity index (χ1) is 16.1. The lowest BCUT2D eigenvalue weighted by Crippen LogP contribution is -2.27. The van der Waals surface area contributed by atoms with E-state index in [0.29, 0.717) is 17.6 Å². The molecule has 4 aromatic rings. The Kier molecular flexibility index (Phi) is 7.60. The second-order valence-corrected chi connectivity index (χ2v) is 8.00. The van der Waals surface area contributed by atoms with Crippen LogP contribution in [-0.4, -0.2) is 45.7 Å². The minimum Gasteiger partial charge on any atom is -0.492 e. The first-order valence-electron chi connectivity index (χ1n) is 11.1. The van der Waals surface area contributed by atoms with E-state index in [4.69, 9.17) is 26.3 Å². The summed E-state index contributed by atoms with van der Waals surface area (Å²) >= 11 is 6.07. The summed E-state index contributed by atoms with van der Waals surface area (Å²) in [6.07, 6.45) is 3.92. The molecular formula is C26H28ClN5O. The lowest BCUT2D eigenvalue weighted by molar-refractivity contribution is 0.223. The minimum atomic E-state index is 0.506. The quantitative estimate of drug-likeness (QED) is 0.311. The van der Waals surface area contributed by atoms with Crippen molar-refractivity contribution in [2.45, 2.75) is 13.8 Å². The molecule has 2 aromatic carbocycles. The van der Waals surface area contributed by atoms with Gasteiger partial charge in [-0.2, -0.15) is 4.98 Å². The number of nitrogens with zero attached hydrogens (tertiary/aromatic N) is 4. The maximum Gasteiger partial charge on any atom is 0.229 e. The molecule has 33 heavy (non-hydrogen) atoms. The van der Waals surface area contributed by atoms with Crippen molar-refractivity contribution < 1.29 is 4.74 Å². The molecule has 0 bridgehead atoms. The van der Waals surface area contributed by atoms with Gasteiger partial charge in [0.05, 0.1) is 5.69 Å². The topological polar surface area (TPSA) is 55.2 Å². The number of benzene rings is 2. The Balaban J connectivity index is 1.56. The lowest BCUT2D eigenvalue weighted by atomic mass is 10.1. The minimum absolute atomic E-state index is 0.506. The summed E-state index contributed by atoms with van der Waals surface area (Å²) < 4.78 is 7.92. The van der Waals surface area contributed by atoms with Gasteiger partial charge in [-0.25, -0.2) is 4.98 Å². The fraction of sp³-hybridized carbons (Fsp3) is 0.231. The Morgan fingerprint density at radius 1 is 0.939 bits per heavy atom. The van der Waals surface area contributed by atoms with E-state index < -0.39 is 0 Å². The Morgan fingerprint density at radius 2 is 1.70 bits per heavy atom. The number of hydrogen-bond donors (Lipinski definition) is 1. The van der Waals surface area contributed by atoms with Gasteiger partial charge in [-0.3, -0.25) is 0 Å². The van der Waals surface area contributed by atoms with Crippen LogP contribution in [0.5, 0.6) is 5.75 Å². The van der Waals surface area contributed by atoms with E-state index in [2.05, 4.69) is 24.1 Å². The van der Waals surface area contributed by atoms with Crippen molar-refractivity contribution in [3.8, 4) is 22.8 Å². The third kappa shape index (κ3) is 6.12. The van der Waals surface area contributed by atoms with Crippen molar-refractivity contribution in [2.75, 3.05) is 31.6 Å². The predicted molar refractivity (Wildman–Crippen MR) is 135 cm³/mol. The summed E-state index contributed by atoms with van der Waals surface area (Å²) in [7, 11) is 0. The van der Waals surface area contributed by atoms with Gasteiger partial charge in [0.25, 0.3) is 0 Å². The normalized spacial score (nSPS) is 11.0. The Bertz CT molecular complexity index is 1160. The van der Waals surface area contributed by atoms with Gasteiger partial charge >= 0.3 is 0 Å². The fourth-order valence-electron chi connectivity index (χ4n) is 3.50. The van der Waals surface area contributed by atoms with E-state index in [1.165, 1.54) is 0 Å². The average molecular weight is 462 g/mol. The highest BCUT2D eigenvalue weighted by atomic mass is 35.5. The number of nitrogens with one attached hydrogen (secondary N) is 1. The molecule has 1 N–H and O–H groups in total. The molecule has 0 saturated heterocycles. The molecule has 0 aliphatic heterocycles. The number of ether oxygens (including phenoxy) is 1. The largest absolute Gasteiger partial charge is 0.492 e. The molecule has 0 fully saturated rings. The maximum atomic E-state index is 6.07. The number of rotatable bonds is 10. The second kappa shape index (κ2) is 11.0. The summed E-state index contributed by atoms with van der Waals surface area (Å²) in [5, 5.41) is 4.03. The molecule has 0 aliphatic rings. The van der Waals surface area contributed by atoms with Gasteiger partial charge in [-0.15, -0.1) is 0 Å². The lowest BCUT2D eigenvalue weighted by Gasteiger charge is -2.18. The molecule has 0 unspecified atom stereocenters. The van der Waals surface area contributed by atoms with Crippen LogP contribution in [0.2, 0.25) is 5.02 Å². The van der Waals surface area contributed by atoms with Gasteiger partial charge in [0.2, 0.25) is 5.95 Å². The highest BCUT2D eigenvalue weighted by Gasteiger charge is 2.09. The number of aromatic nitrogens is 3. The van der Waals surface area contributed by atoms with Crippen LogP contribution in [0.1, 0.15) is 13.8 Å². The Labute approximate surface area is 199 Å². The Morgan fingerprint density at radius 3 is 2.42 bits per heavy atom. The zero-order chi connectivity index (χ0) is 23.0.